The zero-order valence-corrected chi connectivity index (χ0v) is 25.9. The molecule has 0 aromatic heterocycles. The Hall–Kier alpha value is -3.70. The molecule has 9 heteroatoms. The maximum absolute atomic E-state index is 13.3. The Labute approximate surface area is 254 Å². The van der Waals surface area contributed by atoms with E-state index in [9.17, 15) is 23.1 Å². The van der Waals surface area contributed by atoms with Crippen LogP contribution in [0.25, 0.3) is 11.1 Å². The van der Waals surface area contributed by atoms with Crippen molar-refractivity contribution in [3.8, 4) is 11.1 Å². The van der Waals surface area contributed by atoms with Gasteiger partial charge in [-0.15, -0.1) is 0 Å². The molecule has 3 N–H and O–H groups in total. The molecule has 0 unspecified atom stereocenters. The summed E-state index contributed by atoms with van der Waals surface area (Å²) in [5.41, 5.74) is 3.70. The van der Waals surface area contributed by atoms with Crippen molar-refractivity contribution in [2.75, 3.05) is 4.72 Å². The smallest absolute Gasteiger partial charge is 0.326 e. The number of hydrogen-bond donors (Lipinski definition) is 3. The number of nitrogens with one attached hydrogen (secondary N) is 2. The number of halogens is 1. The number of carboxylic acids is 1. The molecule has 0 fully saturated rings. The highest BCUT2D eigenvalue weighted by Crippen LogP contribution is 2.26. The van der Waals surface area contributed by atoms with E-state index in [4.69, 9.17) is 0 Å². The van der Waals surface area contributed by atoms with Crippen LogP contribution >= 0.6 is 22.6 Å². The Bertz CT molecular complexity index is 1650. The lowest BCUT2D eigenvalue weighted by atomic mass is 9.87. The van der Waals surface area contributed by atoms with Crippen LogP contribution < -0.4 is 10.0 Å². The average molecular weight is 683 g/mol. The molecule has 7 nitrogen and oxygen atoms in total. The van der Waals surface area contributed by atoms with Gasteiger partial charge in [0.05, 0.1) is 16.1 Å². The molecule has 1 amide bonds. The molecule has 4 rings (SSSR count). The topological polar surface area (TPSA) is 113 Å². The third-order valence-corrected chi connectivity index (χ3v) is 8.66. The monoisotopic (exact) mass is 682 g/mol. The van der Waals surface area contributed by atoms with Crippen LogP contribution in [-0.4, -0.2) is 31.4 Å². The van der Waals surface area contributed by atoms with Crippen LogP contribution in [0.15, 0.2) is 102 Å². The quantitative estimate of drug-likeness (QED) is 0.175. The highest BCUT2D eigenvalue weighted by molar-refractivity contribution is 14.1. The summed E-state index contributed by atoms with van der Waals surface area (Å²) in [5, 5.41) is 12.4. The van der Waals surface area contributed by atoms with Gasteiger partial charge in [0.15, 0.2) is 0 Å². The van der Waals surface area contributed by atoms with Crippen molar-refractivity contribution in [1.29, 1.82) is 0 Å². The van der Waals surface area contributed by atoms with Crippen molar-refractivity contribution in [2.45, 2.75) is 43.5 Å². The summed E-state index contributed by atoms with van der Waals surface area (Å²) in [4.78, 5) is 25.5. The predicted octanol–water partition coefficient (Wildman–Crippen LogP) is 6.48. The van der Waals surface area contributed by atoms with Gasteiger partial charge in [0.2, 0.25) is 0 Å². The van der Waals surface area contributed by atoms with Gasteiger partial charge < -0.3 is 10.4 Å². The molecule has 0 saturated heterocycles. The molecule has 0 aliphatic heterocycles. The van der Waals surface area contributed by atoms with E-state index in [1.165, 1.54) is 24.3 Å². The Morgan fingerprint density at radius 3 is 2.05 bits per heavy atom. The van der Waals surface area contributed by atoms with Crippen molar-refractivity contribution >= 4 is 50.2 Å². The number of aliphatic carboxylic acids is 1. The lowest BCUT2D eigenvalue weighted by Crippen LogP contribution is -2.42. The minimum absolute atomic E-state index is 0.0254. The van der Waals surface area contributed by atoms with E-state index < -0.39 is 27.9 Å². The normalized spacial score (nSPS) is 12.4. The van der Waals surface area contributed by atoms with Gasteiger partial charge in [-0.05, 0) is 80.6 Å². The first-order valence-corrected chi connectivity index (χ1v) is 15.5. The zero-order chi connectivity index (χ0) is 29.8. The lowest BCUT2D eigenvalue weighted by molar-refractivity contribution is -0.139. The van der Waals surface area contributed by atoms with Crippen molar-refractivity contribution < 1.29 is 23.1 Å². The fraction of sp³-hybridized carbons (Fsp3) is 0.188. The Kier molecular flexibility index (Phi) is 9.18. The van der Waals surface area contributed by atoms with Gasteiger partial charge in [0, 0.05) is 9.99 Å². The van der Waals surface area contributed by atoms with Gasteiger partial charge in [-0.3, -0.25) is 9.52 Å². The van der Waals surface area contributed by atoms with Crippen LogP contribution in [-0.2, 0) is 26.7 Å². The summed E-state index contributed by atoms with van der Waals surface area (Å²) in [6.07, 6.45) is 0.0568. The molecule has 0 aliphatic rings. The number of rotatable bonds is 9. The van der Waals surface area contributed by atoms with Gasteiger partial charge in [0.1, 0.15) is 6.04 Å². The van der Waals surface area contributed by atoms with E-state index in [0.717, 1.165) is 22.3 Å². The standard InChI is InChI=1S/C32H31IN2O5S/c1-32(2,3)24-13-16-26(17-14-24)41(39,40)35-28-18-15-25(33)20-27(28)30(36)34-29(31(37)38)19-21-9-11-23(12-10-21)22-7-5-4-6-8-22/h4-18,20,29,35H,19H2,1-3H3,(H,34,36)(H,37,38)/t29-/m0/s1. The third-order valence-electron chi connectivity index (χ3n) is 6.61. The fourth-order valence-corrected chi connectivity index (χ4v) is 5.84. The number of carboxylic acid groups (broad SMARTS) is 1. The van der Waals surface area contributed by atoms with Gasteiger partial charge in [-0.1, -0.05) is 87.5 Å². The maximum Gasteiger partial charge on any atom is 0.326 e. The molecule has 0 heterocycles. The van der Waals surface area contributed by atoms with Crippen molar-refractivity contribution in [3.05, 3.63) is 117 Å². The Morgan fingerprint density at radius 1 is 0.854 bits per heavy atom. The van der Waals surface area contributed by atoms with Crippen LogP contribution in [0.4, 0.5) is 5.69 Å². The maximum atomic E-state index is 13.3. The second-order valence-corrected chi connectivity index (χ2v) is 13.6. The molecule has 0 spiro atoms. The summed E-state index contributed by atoms with van der Waals surface area (Å²) in [7, 11) is -4.01. The van der Waals surface area contributed by atoms with Crippen LogP contribution in [0.1, 0.15) is 42.3 Å². The number of amides is 1. The number of carbonyl (C=O) groups is 2. The number of carbonyl (C=O) groups excluding carboxylic acids is 1. The molecular formula is C32H31IN2O5S. The van der Waals surface area contributed by atoms with Gasteiger partial charge >= 0.3 is 5.97 Å². The molecule has 1 atom stereocenters. The van der Waals surface area contributed by atoms with Gasteiger partial charge in [-0.2, -0.15) is 0 Å². The molecule has 0 bridgehead atoms. The van der Waals surface area contributed by atoms with Crippen LogP contribution in [0.5, 0.6) is 0 Å². The molecule has 41 heavy (non-hydrogen) atoms. The highest BCUT2D eigenvalue weighted by atomic mass is 127. The summed E-state index contributed by atoms with van der Waals surface area (Å²) in [6.45, 7) is 6.11. The Morgan fingerprint density at radius 2 is 1.46 bits per heavy atom. The van der Waals surface area contributed by atoms with Crippen molar-refractivity contribution in [2.24, 2.45) is 0 Å². The number of anilines is 1. The van der Waals surface area contributed by atoms with E-state index in [0.29, 0.717) is 3.57 Å². The molecule has 4 aromatic rings. The number of hydrogen-bond acceptors (Lipinski definition) is 4. The van der Waals surface area contributed by atoms with Gasteiger partial charge in [-0.25, -0.2) is 13.2 Å². The second kappa shape index (κ2) is 12.4. The van der Waals surface area contributed by atoms with E-state index in [1.54, 1.807) is 18.2 Å². The first-order chi connectivity index (χ1) is 19.3. The summed E-state index contributed by atoms with van der Waals surface area (Å²) in [6, 6.07) is 27.3. The predicted molar refractivity (Wildman–Crippen MR) is 170 cm³/mol. The van der Waals surface area contributed by atoms with E-state index in [-0.39, 0.29) is 28.0 Å². The largest absolute Gasteiger partial charge is 0.480 e. The Balaban J connectivity index is 1.53. The minimum Gasteiger partial charge on any atom is -0.480 e. The van der Waals surface area contributed by atoms with Crippen LogP contribution in [0, 0.1) is 3.57 Å². The minimum atomic E-state index is -4.01. The SMILES string of the molecule is CC(C)(C)c1ccc(S(=O)(=O)Nc2ccc(I)cc2C(=O)N[C@@H](Cc2ccc(-c3ccccc3)cc2)C(=O)O)cc1. The molecule has 4 aromatic carbocycles. The van der Waals surface area contributed by atoms with Crippen molar-refractivity contribution in [1.82, 2.24) is 5.32 Å². The number of sulfonamides is 1. The van der Waals surface area contributed by atoms with Crippen LogP contribution in [0.2, 0.25) is 0 Å². The summed E-state index contributed by atoms with van der Waals surface area (Å²) < 4.78 is 29.6. The molecule has 0 saturated carbocycles. The molecule has 0 aliphatic carbocycles. The highest BCUT2D eigenvalue weighted by Gasteiger charge is 2.25. The molecule has 0 radical (unpaired) electrons. The summed E-state index contributed by atoms with van der Waals surface area (Å²) in [5.74, 6) is -1.89. The second-order valence-electron chi connectivity index (χ2n) is 10.7. The average Bonchev–Trinajstić information content (AvgIpc) is 2.94. The van der Waals surface area contributed by atoms with Crippen LogP contribution in [0.3, 0.4) is 0 Å². The third kappa shape index (κ3) is 7.74. The first-order valence-electron chi connectivity index (χ1n) is 12.9. The number of benzene rings is 4. The summed E-state index contributed by atoms with van der Waals surface area (Å²) >= 11 is 2.02. The van der Waals surface area contributed by atoms with Gasteiger partial charge in [0.25, 0.3) is 15.9 Å². The lowest BCUT2D eigenvalue weighted by Gasteiger charge is -2.20. The first kappa shape index (κ1) is 30.3. The van der Waals surface area contributed by atoms with Crippen molar-refractivity contribution in [3.63, 3.8) is 0 Å². The molecule has 212 valence electrons. The van der Waals surface area contributed by atoms with E-state index in [1.807, 2.05) is 98.0 Å². The molecular weight excluding hydrogens is 651 g/mol. The van der Waals surface area contributed by atoms with E-state index in [2.05, 4.69) is 10.0 Å². The van der Waals surface area contributed by atoms with E-state index >= 15 is 0 Å². The fourth-order valence-electron chi connectivity index (χ4n) is 4.27. The zero-order valence-electron chi connectivity index (χ0n) is 22.9.